The molecule has 1 aliphatic heterocycles. The maximum Gasteiger partial charge on any atom is 0.260 e. The van der Waals surface area contributed by atoms with Crippen molar-refractivity contribution in [1.29, 1.82) is 0 Å². The number of nitrogens with zero attached hydrogens (tertiary/aromatic N) is 2. The van der Waals surface area contributed by atoms with E-state index >= 15 is 0 Å². The minimum atomic E-state index is -0.528. The number of benzene rings is 2. The molecule has 138 valence electrons. The number of aryl methyl sites for hydroxylation is 1. The van der Waals surface area contributed by atoms with E-state index in [9.17, 15) is 4.79 Å². The number of halogens is 1. The average Bonchev–Trinajstić information content (AvgIpc) is 2.95. The van der Waals surface area contributed by atoms with E-state index < -0.39 is 5.66 Å². The van der Waals surface area contributed by atoms with Crippen molar-refractivity contribution < 1.29 is 4.79 Å². The topological polar surface area (TPSA) is 32.7 Å². The zero-order valence-electron chi connectivity index (χ0n) is 15.2. The molecule has 1 aliphatic carbocycles. The summed E-state index contributed by atoms with van der Waals surface area (Å²) in [7, 11) is 0. The van der Waals surface area contributed by atoms with E-state index in [0.717, 1.165) is 47.0 Å². The highest BCUT2D eigenvalue weighted by molar-refractivity contribution is 9.10. The van der Waals surface area contributed by atoms with Crippen LogP contribution in [0.1, 0.15) is 53.6 Å². The van der Waals surface area contributed by atoms with E-state index in [1.54, 1.807) is 4.90 Å². The van der Waals surface area contributed by atoms with Crippen molar-refractivity contribution in [2.24, 2.45) is 4.99 Å². The highest BCUT2D eigenvalue weighted by Gasteiger charge is 2.48. The van der Waals surface area contributed by atoms with E-state index in [1.807, 2.05) is 55.5 Å². The van der Waals surface area contributed by atoms with E-state index in [1.165, 1.54) is 6.42 Å². The van der Waals surface area contributed by atoms with Crippen LogP contribution in [0.4, 0.5) is 0 Å². The standard InChI is InChI=1S/C22H21BrN2OS/c1-15-5-7-17(8-6-15)20(26)25-21(27)19(16-9-11-18(23)12-10-16)24-22(25)13-3-2-4-14-22/h5-12H,2-4,13-14H2,1H3. The maximum atomic E-state index is 13.4. The first-order chi connectivity index (χ1) is 13.0. The van der Waals surface area contributed by atoms with E-state index in [-0.39, 0.29) is 5.91 Å². The number of carbonyl (C=O) groups excluding carboxylic acids is 1. The van der Waals surface area contributed by atoms with Crippen LogP contribution >= 0.6 is 28.1 Å². The maximum absolute atomic E-state index is 13.4. The molecule has 3 nitrogen and oxygen atoms in total. The van der Waals surface area contributed by atoms with Crippen molar-refractivity contribution in [3.05, 3.63) is 69.7 Å². The van der Waals surface area contributed by atoms with Gasteiger partial charge in [-0.25, -0.2) is 0 Å². The molecule has 1 amide bonds. The first-order valence-corrected chi connectivity index (χ1v) is 10.5. The number of rotatable bonds is 2. The summed E-state index contributed by atoms with van der Waals surface area (Å²) in [5, 5.41) is 0. The molecule has 2 aliphatic rings. The van der Waals surface area contributed by atoms with Gasteiger partial charge < -0.3 is 0 Å². The number of thiocarbonyl (C=S) groups is 1. The van der Waals surface area contributed by atoms with Crippen molar-refractivity contribution in [2.75, 3.05) is 0 Å². The molecule has 1 spiro atoms. The molecule has 1 fully saturated rings. The third-order valence-corrected chi connectivity index (χ3v) is 6.32. The van der Waals surface area contributed by atoms with Crippen LogP contribution < -0.4 is 0 Å². The Labute approximate surface area is 173 Å². The number of aliphatic imine (C=N–C) groups is 1. The lowest BCUT2D eigenvalue weighted by molar-refractivity contribution is 0.0648. The van der Waals surface area contributed by atoms with Gasteiger partial charge in [-0.15, -0.1) is 0 Å². The van der Waals surface area contributed by atoms with Gasteiger partial charge in [0.2, 0.25) is 0 Å². The Hall–Kier alpha value is -1.85. The molecule has 0 N–H and O–H groups in total. The molecule has 2 aromatic carbocycles. The Balaban J connectivity index is 1.76. The third kappa shape index (κ3) is 3.39. The fraction of sp³-hybridized carbons (Fsp3) is 0.318. The summed E-state index contributed by atoms with van der Waals surface area (Å²) in [6, 6.07) is 15.7. The fourth-order valence-electron chi connectivity index (χ4n) is 3.96. The van der Waals surface area contributed by atoms with Crippen molar-refractivity contribution in [2.45, 2.75) is 44.7 Å². The largest absolute Gasteiger partial charge is 0.271 e. The molecule has 1 saturated carbocycles. The number of hydrogen-bond acceptors (Lipinski definition) is 3. The van der Waals surface area contributed by atoms with Crippen molar-refractivity contribution in [1.82, 2.24) is 4.90 Å². The second-order valence-corrected chi connectivity index (χ2v) is 8.62. The molecule has 2 aromatic rings. The van der Waals surface area contributed by atoms with Crippen LogP contribution in [0, 0.1) is 6.92 Å². The molecular formula is C22H21BrN2OS. The van der Waals surface area contributed by atoms with Crippen LogP contribution in [0.2, 0.25) is 0 Å². The van der Waals surface area contributed by atoms with Crippen LogP contribution in [-0.2, 0) is 0 Å². The highest BCUT2D eigenvalue weighted by atomic mass is 79.9. The molecule has 5 heteroatoms. The molecular weight excluding hydrogens is 420 g/mol. The quantitative estimate of drug-likeness (QED) is 0.561. The monoisotopic (exact) mass is 440 g/mol. The highest BCUT2D eigenvalue weighted by Crippen LogP contribution is 2.41. The van der Waals surface area contributed by atoms with E-state index in [4.69, 9.17) is 17.2 Å². The molecule has 27 heavy (non-hydrogen) atoms. The number of amides is 1. The summed E-state index contributed by atoms with van der Waals surface area (Å²) in [6.45, 7) is 2.02. The van der Waals surface area contributed by atoms with E-state index in [2.05, 4.69) is 15.9 Å². The Morgan fingerprint density at radius 2 is 1.67 bits per heavy atom. The van der Waals surface area contributed by atoms with Crippen LogP contribution in [0.3, 0.4) is 0 Å². The summed E-state index contributed by atoms with van der Waals surface area (Å²) in [4.78, 5) is 20.8. The lowest BCUT2D eigenvalue weighted by atomic mass is 9.88. The van der Waals surface area contributed by atoms with Crippen molar-refractivity contribution in [3.8, 4) is 0 Å². The predicted molar refractivity (Wildman–Crippen MR) is 116 cm³/mol. The lowest BCUT2D eigenvalue weighted by Gasteiger charge is -2.38. The number of hydrogen-bond donors (Lipinski definition) is 0. The molecule has 1 heterocycles. The van der Waals surface area contributed by atoms with E-state index in [0.29, 0.717) is 10.6 Å². The first-order valence-electron chi connectivity index (χ1n) is 9.32. The van der Waals surface area contributed by atoms with Crippen molar-refractivity contribution >= 4 is 44.8 Å². The van der Waals surface area contributed by atoms with Gasteiger partial charge in [0, 0.05) is 15.6 Å². The SMILES string of the molecule is Cc1ccc(C(=O)N2C(=S)C(c3ccc(Br)cc3)=NC23CCCCC3)cc1. The van der Waals surface area contributed by atoms with Gasteiger partial charge in [-0.1, -0.05) is 64.4 Å². The van der Waals surface area contributed by atoms with Gasteiger partial charge >= 0.3 is 0 Å². The van der Waals surface area contributed by atoms with Crippen LogP contribution in [-0.4, -0.2) is 27.2 Å². The Morgan fingerprint density at radius 3 is 2.30 bits per heavy atom. The lowest BCUT2D eigenvalue weighted by Crippen LogP contribution is -2.50. The summed E-state index contributed by atoms with van der Waals surface area (Å²) >= 11 is 9.27. The smallest absolute Gasteiger partial charge is 0.260 e. The predicted octanol–water partition coefficient (Wildman–Crippen LogP) is 5.69. The van der Waals surface area contributed by atoms with Crippen LogP contribution in [0.5, 0.6) is 0 Å². The van der Waals surface area contributed by atoms with Crippen LogP contribution in [0.15, 0.2) is 58.0 Å². The minimum absolute atomic E-state index is 0.0437. The minimum Gasteiger partial charge on any atom is -0.271 e. The molecule has 0 radical (unpaired) electrons. The fourth-order valence-corrected chi connectivity index (χ4v) is 4.64. The summed E-state index contributed by atoms with van der Waals surface area (Å²) in [5.74, 6) is -0.0437. The van der Waals surface area contributed by atoms with Gasteiger partial charge in [-0.2, -0.15) is 0 Å². The summed E-state index contributed by atoms with van der Waals surface area (Å²) in [6.07, 6.45) is 5.05. The first kappa shape index (κ1) is 18.5. The molecule has 0 unspecified atom stereocenters. The Bertz CT molecular complexity index is 912. The van der Waals surface area contributed by atoms with Gasteiger partial charge in [0.15, 0.2) is 0 Å². The Morgan fingerprint density at radius 1 is 1.04 bits per heavy atom. The number of carbonyl (C=O) groups is 1. The van der Waals surface area contributed by atoms with Crippen molar-refractivity contribution in [3.63, 3.8) is 0 Å². The Kier molecular flexibility index (Phi) is 4.99. The molecule has 0 bridgehead atoms. The average molecular weight is 441 g/mol. The molecule has 0 aromatic heterocycles. The molecule has 4 rings (SSSR count). The second-order valence-electron chi connectivity index (χ2n) is 7.32. The van der Waals surface area contributed by atoms with Gasteiger partial charge in [-0.3, -0.25) is 14.7 Å². The van der Waals surface area contributed by atoms with Gasteiger partial charge in [0.1, 0.15) is 16.4 Å². The van der Waals surface area contributed by atoms with Gasteiger partial charge in [0.05, 0.1) is 0 Å². The zero-order chi connectivity index (χ0) is 19.0. The third-order valence-electron chi connectivity index (χ3n) is 5.42. The molecule has 0 saturated heterocycles. The normalized spacial score (nSPS) is 18.7. The molecule has 0 atom stereocenters. The second kappa shape index (κ2) is 7.28. The summed E-state index contributed by atoms with van der Waals surface area (Å²) < 4.78 is 1.01. The van der Waals surface area contributed by atoms with Gasteiger partial charge in [0.25, 0.3) is 5.91 Å². The van der Waals surface area contributed by atoms with Gasteiger partial charge in [-0.05, 0) is 56.9 Å². The summed E-state index contributed by atoms with van der Waals surface area (Å²) in [5.41, 5.74) is 3.00. The van der Waals surface area contributed by atoms with Crippen LogP contribution in [0.25, 0.3) is 0 Å². The zero-order valence-corrected chi connectivity index (χ0v) is 17.6.